The molecular formula is C18H22N6S. The van der Waals surface area contributed by atoms with Crippen LogP contribution in [0.1, 0.15) is 0 Å². The maximum Gasteiger partial charge on any atom is 0.110 e. The summed E-state index contributed by atoms with van der Waals surface area (Å²) in [4.78, 5) is 7.94. The van der Waals surface area contributed by atoms with Crippen LogP contribution in [0.5, 0.6) is 0 Å². The van der Waals surface area contributed by atoms with Crippen molar-refractivity contribution < 1.29 is 0 Å². The van der Waals surface area contributed by atoms with Crippen LogP contribution in [0.2, 0.25) is 0 Å². The summed E-state index contributed by atoms with van der Waals surface area (Å²) in [7, 11) is 4.16. The minimum absolute atomic E-state index is 0.571. The normalized spacial score (nSPS) is 12.6. The molecule has 6 nitrogen and oxygen atoms in total. The van der Waals surface area contributed by atoms with E-state index < -0.39 is 0 Å². The SMILES string of the molecule is CN(C)CCNc1ccc2c3c(nn2CCN)-c2cccnc2Sc13. The van der Waals surface area contributed by atoms with Gasteiger partial charge in [0.1, 0.15) is 10.7 Å². The average Bonchev–Trinajstić information content (AvgIpc) is 2.97. The van der Waals surface area contributed by atoms with Crippen LogP contribution < -0.4 is 11.1 Å². The van der Waals surface area contributed by atoms with E-state index in [4.69, 9.17) is 10.8 Å². The lowest BCUT2D eigenvalue weighted by Crippen LogP contribution is -2.21. The molecule has 1 aliphatic heterocycles. The number of benzene rings is 1. The molecule has 1 aliphatic rings. The maximum atomic E-state index is 5.78. The number of aromatic nitrogens is 3. The Morgan fingerprint density at radius 1 is 1.28 bits per heavy atom. The molecule has 0 bridgehead atoms. The van der Waals surface area contributed by atoms with Crippen molar-refractivity contribution in [2.45, 2.75) is 16.5 Å². The number of hydrogen-bond donors (Lipinski definition) is 2. The first-order chi connectivity index (χ1) is 12.2. The summed E-state index contributed by atoms with van der Waals surface area (Å²) >= 11 is 1.72. The molecule has 3 heterocycles. The second kappa shape index (κ2) is 6.67. The molecule has 4 rings (SSSR count). The lowest BCUT2D eigenvalue weighted by atomic mass is 10.1. The molecule has 3 N–H and O–H groups in total. The molecule has 0 fully saturated rings. The zero-order chi connectivity index (χ0) is 17.4. The Morgan fingerprint density at radius 2 is 2.16 bits per heavy atom. The van der Waals surface area contributed by atoms with E-state index in [1.807, 2.05) is 16.9 Å². The first kappa shape index (κ1) is 16.4. The van der Waals surface area contributed by atoms with Crippen LogP contribution in [0, 0.1) is 0 Å². The topological polar surface area (TPSA) is 72.0 Å². The van der Waals surface area contributed by atoms with Crippen molar-refractivity contribution in [2.75, 3.05) is 39.0 Å². The minimum atomic E-state index is 0.571. The summed E-state index contributed by atoms with van der Waals surface area (Å²) < 4.78 is 2.01. The predicted octanol–water partition coefficient (Wildman–Crippen LogP) is 2.50. The molecule has 130 valence electrons. The van der Waals surface area contributed by atoms with E-state index in [9.17, 15) is 0 Å². The van der Waals surface area contributed by atoms with Gasteiger partial charge < -0.3 is 16.0 Å². The lowest BCUT2D eigenvalue weighted by Gasteiger charge is -2.19. The van der Waals surface area contributed by atoms with Crippen LogP contribution in [-0.4, -0.2) is 53.4 Å². The predicted molar refractivity (Wildman–Crippen MR) is 103 cm³/mol. The molecule has 3 aromatic rings. The Morgan fingerprint density at radius 3 is 2.96 bits per heavy atom. The van der Waals surface area contributed by atoms with Gasteiger partial charge in [-0.3, -0.25) is 4.68 Å². The number of likely N-dealkylation sites (N-methyl/N-ethyl adjacent to an activating group) is 1. The Balaban J connectivity index is 1.85. The van der Waals surface area contributed by atoms with E-state index >= 15 is 0 Å². The zero-order valence-corrected chi connectivity index (χ0v) is 15.3. The fraction of sp³-hybridized carbons (Fsp3) is 0.333. The van der Waals surface area contributed by atoms with Gasteiger partial charge in [0.15, 0.2) is 0 Å². The highest BCUT2D eigenvalue weighted by Gasteiger charge is 2.26. The zero-order valence-electron chi connectivity index (χ0n) is 14.5. The fourth-order valence-corrected chi connectivity index (χ4v) is 4.27. The third-order valence-electron chi connectivity index (χ3n) is 4.31. The van der Waals surface area contributed by atoms with Gasteiger partial charge in [-0.2, -0.15) is 5.10 Å². The summed E-state index contributed by atoms with van der Waals surface area (Å²) in [5.74, 6) is 0. The molecule has 0 saturated carbocycles. The Bertz CT molecular complexity index is 917. The van der Waals surface area contributed by atoms with Crippen molar-refractivity contribution in [2.24, 2.45) is 5.73 Å². The van der Waals surface area contributed by atoms with Crippen LogP contribution >= 0.6 is 11.8 Å². The Labute approximate surface area is 151 Å². The number of fused-ring (bicyclic) bond motifs is 2. The molecule has 7 heteroatoms. The third-order valence-corrected chi connectivity index (χ3v) is 5.46. The highest BCUT2D eigenvalue weighted by Crippen LogP contribution is 2.49. The van der Waals surface area contributed by atoms with Crippen LogP contribution in [0.4, 0.5) is 5.69 Å². The molecule has 25 heavy (non-hydrogen) atoms. The summed E-state index contributed by atoms with van der Waals surface area (Å²) in [5.41, 5.74) is 10.2. The van der Waals surface area contributed by atoms with Crippen molar-refractivity contribution in [3.05, 3.63) is 30.5 Å². The fourth-order valence-electron chi connectivity index (χ4n) is 3.13. The van der Waals surface area contributed by atoms with Crippen LogP contribution in [-0.2, 0) is 6.54 Å². The van der Waals surface area contributed by atoms with E-state index in [1.165, 1.54) is 10.3 Å². The van der Waals surface area contributed by atoms with Crippen molar-refractivity contribution in [1.82, 2.24) is 19.7 Å². The van der Waals surface area contributed by atoms with Crippen molar-refractivity contribution in [3.63, 3.8) is 0 Å². The summed E-state index contributed by atoms with van der Waals surface area (Å²) in [6.45, 7) is 3.16. The van der Waals surface area contributed by atoms with Gasteiger partial charge in [0.25, 0.3) is 0 Å². The molecule has 0 atom stereocenters. The van der Waals surface area contributed by atoms with E-state index in [0.29, 0.717) is 13.1 Å². The van der Waals surface area contributed by atoms with E-state index in [2.05, 4.69) is 47.5 Å². The largest absolute Gasteiger partial charge is 0.383 e. The standard InChI is InChI=1S/C18H22N6S/c1-23(2)11-9-20-13-5-6-14-15-16(22-24(14)10-7-19)12-4-3-8-21-18(12)25-17(13)15/h3-6,8,20H,7,9-11,19H2,1-2H3. The lowest BCUT2D eigenvalue weighted by molar-refractivity contribution is 0.425. The first-order valence-corrected chi connectivity index (χ1v) is 9.26. The molecule has 0 spiro atoms. The number of rotatable bonds is 6. The minimum Gasteiger partial charge on any atom is -0.383 e. The second-order valence-corrected chi connectivity index (χ2v) is 7.38. The average molecular weight is 354 g/mol. The smallest absolute Gasteiger partial charge is 0.110 e. The van der Waals surface area contributed by atoms with Gasteiger partial charge in [0.05, 0.1) is 12.1 Å². The molecule has 1 aromatic carbocycles. The summed E-state index contributed by atoms with van der Waals surface area (Å²) in [5, 5.41) is 10.6. The number of nitrogens with two attached hydrogens (primary N) is 1. The van der Waals surface area contributed by atoms with E-state index in [1.54, 1.807) is 11.8 Å². The Kier molecular flexibility index (Phi) is 4.37. The van der Waals surface area contributed by atoms with Crippen LogP contribution in [0.15, 0.2) is 40.4 Å². The number of nitrogens with zero attached hydrogens (tertiary/aromatic N) is 4. The quantitative estimate of drug-likeness (QED) is 0.554. The number of hydrogen-bond acceptors (Lipinski definition) is 6. The highest BCUT2D eigenvalue weighted by molar-refractivity contribution is 7.99. The first-order valence-electron chi connectivity index (χ1n) is 8.44. The molecule has 0 amide bonds. The number of anilines is 1. The molecule has 0 unspecified atom stereocenters. The molecule has 2 aromatic heterocycles. The Hall–Kier alpha value is -2.09. The van der Waals surface area contributed by atoms with Crippen molar-refractivity contribution >= 4 is 28.4 Å². The molecule has 0 saturated heterocycles. The van der Waals surface area contributed by atoms with Gasteiger partial charge in [-0.25, -0.2) is 4.98 Å². The number of nitrogens with one attached hydrogen (secondary N) is 1. The maximum absolute atomic E-state index is 5.78. The van der Waals surface area contributed by atoms with Gasteiger partial charge in [-0.15, -0.1) is 0 Å². The van der Waals surface area contributed by atoms with Gasteiger partial charge in [0, 0.05) is 47.4 Å². The molecule has 0 radical (unpaired) electrons. The summed E-state index contributed by atoms with van der Waals surface area (Å²) in [6.07, 6.45) is 1.84. The third kappa shape index (κ3) is 2.88. The number of pyridine rings is 1. The van der Waals surface area contributed by atoms with Crippen molar-refractivity contribution in [3.8, 4) is 11.3 Å². The van der Waals surface area contributed by atoms with Gasteiger partial charge in [-0.05, 0) is 38.4 Å². The highest BCUT2D eigenvalue weighted by atomic mass is 32.2. The van der Waals surface area contributed by atoms with E-state index in [0.717, 1.165) is 40.6 Å². The van der Waals surface area contributed by atoms with Crippen molar-refractivity contribution in [1.29, 1.82) is 0 Å². The molecular weight excluding hydrogens is 332 g/mol. The van der Waals surface area contributed by atoms with E-state index in [-0.39, 0.29) is 0 Å². The van der Waals surface area contributed by atoms with Gasteiger partial charge in [-0.1, -0.05) is 11.8 Å². The summed E-state index contributed by atoms with van der Waals surface area (Å²) in [6, 6.07) is 8.36. The van der Waals surface area contributed by atoms with Crippen LogP contribution in [0.3, 0.4) is 0 Å². The van der Waals surface area contributed by atoms with Gasteiger partial charge >= 0.3 is 0 Å². The molecule has 0 aliphatic carbocycles. The van der Waals surface area contributed by atoms with Crippen LogP contribution in [0.25, 0.3) is 22.2 Å². The monoisotopic (exact) mass is 354 g/mol. The second-order valence-electron chi connectivity index (χ2n) is 6.39. The van der Waals surface area contributed by atoms with Gasteiger partial charge in [0.2, 0.25) is 0 Å².